The van der Waals surface area contributed by atoms with Crippen LogP contribution in [0.3, 0.4) is 0 Å². The maximum absolute atomic E-state index is 12.6. The van der Waals surface area contributed by atoms with Crippen molar-refractivity contribution in [2.75, 3.05) is 19.6 Å². The van der Waals surface area contributed by atoms with Gasteiger partial charge >= 0.3 is 0 Å². The third-order valence-electron chi connectivity index (χ3n) is 4.24. The van der Waals surface area contributed by atoms with Gasteiger partial charge in [0.25, 0.3) is 0 Å². The molecule has 2 rings (SSSR count). The number of carbonyl (C=O) groups excluding carboxylic acids is 1. The summed E-state index contributed by atoms with van der Waals surface area (Å²) in [7, 11) is 0. The quantitative estimate of drug-likeness (QED) is 0.903. The Hall–Kier alpha value is -1.35. The molecule has 1 saturated heterocycles. The zero-order chi connectivity index (χ0) is 13.7. The van der Waals surface area contributed by atoms with E-state index in [4.69, 9.17) is 5.73 Å². The third kappa shape index (κ3) is 3.35. The van der Waals surface area contributed by atoms with Crippen LogP contribution in [0.4, 0.5) is 0 Å². The summed E-state index contributed by atoms with van der Waals surface area (Å²) in [5, 5.41) is 0. The highest BCUT2D eigenvalue weighted by Gasteiger charge is 2.27. The normalized spacial score (nSPS) is 18.3. The Morgan fingerprint density at radius 1 is 1.32 bits per heavy atom. The molecule has 0 spiro atoms. The fraction of sp³-hybridized carbons (Fsp3) is 0.562. The van der Waals surface area contributed by atoms with Gasteiger partial charge in [0.05, 0.1) is 5.92 Å². The van der Waals surface area contributed by atoms with Gasteiger partial charge in [0, 0.05) is 19.6 Å². The number of rotatable bonds is 4. The number of likely N-dealkylation sites (tertiary alicyclic amines) is 1. The molecule has 0 aromatic heterocycles. The number of piperidine rings is 1. The lowest BCUT2D eigenvalue weighted by Crippen LogP contribution is -2.42. The molecule has 1 aromatic rings. The van der Waals surface area contributed by atoms with E-state index in [9.17, 15) is 4.79 Å². The second-order valence-corrected chi connectivity index (χ2v) is 5.38. The van der Waals surface area contributed by atoms with Gasteiger partial charge in [-0.25, -0.2) is 0 Å². The molecule has 1 fully saturated rings. The molecule has 1 aromatic carbocycles. The number of amides is 1. The van der Waals surface area contributed by atoms with Gasteiger partial charge in [0.1, 0.15) is 0 Å². The van der Waals surface area contributed by atoms with E-state index in [-0.39, 0.29) is 11.8 Å². The standard InChI is InChI=1S/C16H24N2O/c1-2-13-8-10-18(11-9-13)16(19)15(12-17)14-6-4-3-5-7-14/h3-7,13,15H,2,8-12,17H2,1H3. The number of benzene rings is 1. The second kappa shape index (κ2) is 6.71. The molecule has 1 atom stereocenters. The number of hydrogen-bond acceptors (Lipinski definition) is 2. The van der Waals surface area contributed by atoms with Crippen molar-refractivity contribution in [2.24, 2.45) is 11.7 Å². The lowest BCUT2D eigenvalue weighted by molar-refractivity contribution is -0.134. The molecule has 1 heterocycles. The predicted molar refractivity (Wildman–Crippen MR) is 77.8 cm³/mol. The Bertz CT molecular complexity index is 396. The molecule has 1 aliphatic rings. The first-order chi connectivity index (χ1) is 9.26. The molecule has 3 nitrogen and oxygen atoms in total. The maximum atomic E-state index is 12.6. The zero-order valence-electron chi connectivity index (χ0n) is 11.7. The molecular weight excluding hydrogens is 236 g/mol. The number of hydrogen-bond donors (Lipinski definition) is 1. The summed E-state index contributed by atoms with van der Waals surface area (Å²) < 4.78 is 0. The fourth-order valence-electron chi connectivity index (χ4n) is 2.85. The highest BCUT2D eigenvalue weighted by atomic mass is 16.2. The Morgan fingerprint density at radius 2 is 1.95 bits per heavy atom. The zero-order valence-corrected chi connectivity index (χ0v) is 11.7. The predicted octanol–water partition coefficient (Wildman–Crippen LogP) is 2.38. The smallest absolute Gasteiger partial charge is 0.231 e. The van der Waals surface area contributed by atoms with Crippen molar-refractivity contribution in [2.45, 2.75) is 32.1 Å². The van der Waals surface area contributed by atoms with Crippen LogP contribution in [0.25, 0.3) is 0 Å². The lowest BCUT2D eigenvalue weighted by atomic mass is 9.92. The number of nitrogens with two attached hydrogens (primary N) is 1. The molecule has 104 valence electrons. The van der Waals surface area contributed by atoms with Crippen molar-refractivity contribution < 1.29 is 4.79 Å². The van der Waals surface area contributed by atoms with Gasteiger partial charge in [-0.2, -0.15) is 0 Å². The molecule has 3 heteroatoms. The molecular formula is C16H24N2O. The van der Waals surface area contributed by atoms with Crippen LogP contribution in [0.2, 0.25) is 0 Å². The highest BCUT2D eigenvalue weighted by Crippen LogP contribution is 2.24. The molecule has 1 aliphatic heterocycles. The first kappa shape index (κ1) is 14.1. The van der Waals surface area contributed by atoms with Crippen LogP contribution in [0.1, 0.15) is 37.7 Å². The first-order valence-electron chi connectivity index (χ1n) is 7.30. The van der Waals surface area contributed by atoms with Crippen LogP contribution in [0, 0.1) is 5.92 Å². The van der Waals surface area contributed by atoms with Crippen molar-refractivity contribution in [1.82, 2.24) is 4.90 Å². The molecule has 1 unspecified atom stereocenters. The van der Waals surface area contributed by atoms with Crippen molar-refractivity contribution in [3.8, 4) is 0 Å². The van der Waals surface area contributed by atoms with Crippen molar-refractivity contribution >= 4 is 5.91 Å². The van der Waals surface area contributed by atoms with Crippen LogP contribution in [-0.2, 0) is 4.79 Å². The Balaban J connectivity index is 2.02. The number of carbonyl (C=O) groups is 1. The summed E-state index contributed by atoms with van der Waals surface area (Å²) >= 11 is 0. The second-order valence-electron chi connectivity index (χ2n) is 5.38. The van der Waals surface area contributed by atoms with Crippen LogP contribution >= 0.6 is 0 Å². The molecule has 2 N–H and O–H groups in total. The minimum atomic E-state index is -0.181. The van der Waals surface area contributed by atoms with E-state index in [0.29, 0.717) is 6.54 Å². The van der Waals surface area contributed by atoms with Gasteiger partial charge in [0.15, 0.2) is 0 Å². The fourth-order valence-corrected chi connectivity index (χ4v) is 2.85. The van der Waals surface area contributed by atoms with Crippen LogP contribution in [0.15, 0.2) is 30.3 Å². The van der Waals surface area contributed by atoms with Crippen LogP contribution in [-0.4, -0.2) is 30.4 Å². The first-order valence-corrected chi connectivity index (χ1v) is 7.30. The van der Waals surface area contributed by atoms with E-state index in [1.165, 1.54) is 6.42 Å². The van der Waals surface area contributed by atoms with E-state index in [2.05, 4.69) is 6.92 Å². The summed E-state index contributed by atoms with van der Waals surface area (Å²) in [6.07, 6.45) is 3.49. The Kier molecular flexibility index (Phi) is 4.97. The van der Waals surface area contributed by atoms with E-state index in [1.54, 1.807) is 0 Å². The van der Waals surface area contributed by atoms with Crippen LogP contribution < -0.4 is 5.73 Å². The van der Waals surface area contributed by atoms with Gasteiger partial charge in [-0.05, 0) is 24.3 Å². The molecule has 0 aliphatic carbocycles. The van der Waals surface area contributed by atoms with Gasteiger partial charge in [-0.3, -0.25) is 4.79 Å². The minimum Gasteiger partial charge on any atom is -0.342 e. The molecule has 0 bridgehead atoms. The summed E-state index contributed by atoms with van der Waals surface area (Å²) in [5.74, 6) is 0.805. The highest BCUT2D eigenvalue weighted by molar-refractivity contribution is 5.84. The topological polar surface area (TPSA) is 46.3 Å². The van der Waals surface area contributed by atoms with Crippen molar-refractivity contribution in [1.29, 1.82) is 0 Å². The average molecular weight is 260 g/mol. The molecule has 19 heavy (non-hydrogen) atoms. The monoisotopic (exact) mass is 260 g/mol. The van der Waals surface area contributed by atoms with Gasteiger partial charge < -0.3 is 10.6 Å². The summed E-state index contributed by atoms with van der Waals surface area (Å²) in [4.78, 5) is 14.6. The van der Waals surface area contributed by atoms with Gasteiger partial charge in [0.2, 0.25) is 5.91 Å². The molecule has 0 radical (unpaired) electrons. The van der Waals surface area contributed by atoms with Gasteiger partial charge in [-0.1, -0.05) is 43.7 Å². The summed E-state index contributed by atoms with van der Waals surface area (Å²) in [6, 6.07) is 9.89. The SMILES string of the molecule is CCC1CCN(C(=O)C(CN)c2ccccc2)CC1. The van der Waals surface area contributed by atoms with E-state index in [1.807, 2.05) is 35.2 Å². The lowest BCUT2D eigenvalue weighted by Gasteiger charge is -2.33. The molecule has 1 amide bonds. The summed E-state index contributed by atoms with van der Waals surface area (Å²) in [6.45, 7) is 4.40. The van der Waals surface area contributed by atoms with Crippen molar-refractivity contribution in [3.05, 3.63) is 35.9 Å². The van der Waals surface area contributed by atoms with Crippen LogP contribution in [0.5, 0.6) is 0 Å². The number of nitrogens with zero attached hydrogens (tertiary/aromatic N) is 1. The van der Waals surface area contributed by atoms with E-state index in [0.717, 1.165) is 37.4 Å². The maximum Gasteiger partial charge on any atom is 0.231 e. The molecule has 0 saturated carbocycles. The third-order valence-corrected chi connectivity index (χ3v) is 4.24. The summed E-state index contributed by atoms with van der Waals surface area (Å²) in [5.41, 5.74) is 6.85. The average Bonchev–Trinajstić information content (AvgIpc) is 2.49. The van der Waals surface area contributed by atoms with Crippen molar-refractivity contribution in [3.63, 3.8) is 0 Å². The van der Waals surface area contributed by atoms with Gasteiger partial charge in [-0.15, -0.1) is 0 Å². The van der Waals surface area contributed by atoms with E-state index < -0.39 is 0 Å². The van der Waals surface area contributed by atoms with E-state index >= 15 is 0 Å². The Labute approximate surface area is 115 Å². The minimum absolute atomic E-state index is 0.181. The largest absolute Gasteiger partial charge is 0.342 e. The Morgan fingerprint density at radius 3 is 2.47 bits per heavy atom.